The van der Waals surface area contributed by atoms with Gasteiger partial charge in [0.05, 0.1) is 6.10 Å². The Morgan fingerprint density at radius 1 is 1.03 bits per heavy atom. The fourth-order valence-electron chi connectivity index (χ4n) is 10.8. The molecule has 2 aliphatic heterocycles. The summed E-state index contributed by atoms with van der Waals surface area (Å²) in [5.74, 6) is 7.18. The maximum atomic E-state index is 11.7. The molecule has 6 unspecified atom stereocenters. The highest BCUT2D eigenvalue weighted by Gasteiger charge is 2.91. The number of rotatable bonds is 3. The zero-order chi connectivity index (χ0) is 22.6. The van der Waals surface area contributed by atoms with Crippen LogP contribution in [0.2, 0.25) is 0 Å². The van der Waals surface area contributed by atoms with Crippen molar-refractivity contribution in [2.45, 2.75) is 95.2 Å². The Morgan fingerprint density at radius 2 is 1.78 bits per heavy atom. The van der Waals surface area contributed by atoms with Crippen LogP contribution < -0.4 is 0 Å². The molecule has 0 radical (unpaired) electrons. The normalized spacial score (nSPS) is 60.9. The first-order valence-corrected chi connectivity index (χ1v) is 13.3. The van der Waals surface area contributed by atoms with E-state index in [0.29, 0.717) is 47.3 Å². The fourth-order valence-corrected chi connectivity index (χ4v) is 10.8. The standard InChI is InChI=1S/C28H42O4/c1-7-26(29)11-9-8-10-15(2)22-19(26)13-21-23(22)20-12-16(3)24(17(4)14-30-6)27(20)28(21)25(32-27)18(5)31-28/h1,15-25,29H,8-14H2,2-6H3/t15-,16+,17?,18?,19?,20-,21?,22?,23+,24-,25?,26+,27+,28-/m1/s1. The lowest BCUT2D eigenvalue weighted by molar-refractivity contribution is -0.484. The Labute approximate surface area is 194 Å². The van der Waals surface area contributed by atoms with E-state index in [4.69, 9.17) is 20.6 Å². The molecule has 6 rings (SSSR count). The van der Waals surface area contributed by atoms with E-state index >= 15 is 0 Å². The third kappa shape index (κ3) is 2.26. The van der Waals surface area contributed by atoms with Crippen molar-refractivity contribution in [3.63, 3.8) is 0 Å². The van der Waals surface area contributed by atoms with E-state index in [1.54, 1.807) is 0 Å². The second-order valence-corrected chi connectivity index (χ2v) is 12.6. The summed E-state index contributed by atoms with van der Waals surface area (Å²) in [5.41, 5.74) is -1.31. The summed E-state index contributed by atoms with van der Waals surface area (Å²) in [4.78, 5) is 0. The molecule has 32 heavy (non-hydrogen) atoms. The summed E-state index contributed by atoms with van der Waals surface area (Å²) in [7, 11) is 1.82. The summed E-state index contributed by atoms with van der Waals surface area (Å²) >= 11 is 0. The van der Waals surface area contributed by atoms with Crippen LogP contribution in [0.1, 0.15) is 66.2 Å². The number of methoxy groups -OCH3 is 1. The Balaban J connectivity index is 1.46. The van der Waals surface area contributed by atoms with Crippen LogP contribution in [0.4, 0.5) is 0 Å². The summed E-state index contributed by atoms with van der Waals surface area (Å²) in [6.45, 7) is 10.2. The number of ether oxygens (including phenoxy) is 3. The van der Waals surface area contributed by atoms with Gasteiger partial charge >= 0.3 is 0 Å². The van der Waals surface area contributed by atoms with E-state index in [1.165, 1.54) is 19.3 Å². The average Bonchev–Trinajstić information content (AvgIpc) is 3.33. The molecule has 2 heterocycles. The number of fused-ring (bicyclic) bond motifs is 4. The Hall–Kier alpha value is -0.600. The second-order valence-electron chi connectivity index (χ2n) is 12.6. The predicted octanol–water partition coefficient (Wildman–Crippen LogP) is 4.29. The molecule has 4 aliphatic carbocycles. The number of hydrogen-bond donors (Lipinski definition) is 1. The van der Waals surface area contributed by atoms with Gasteiger partial charge in [-0.3, -0.25) is 0 Å². The van der Waals surface area contributed by atoms with Gasteiger partial charge in [0.2, 0.25) is 0 Å². The van der Waals surface area contributed by atoms with Crippen molar-refractivity contribution in [3.8, 4) is 12.3 Å². The van der Waals surface area contributed by atoms with E-state index in [-0.39, 0.29) is 29.3 Å². The minimum Gasteiger partial charge on any atom is -0.384 e. The van der Waals surface area contributed by atoms with Gasteiger partial charge in [-0.05, 0) is 80.0 Å². The van der Waals surface area contributed by atoms with Crippen molar-refractivity contribution in [1.29, 1.82) is 0 Å². The van der Waals surface area contributed by atoms with E-state index in [9.17, 15) is 5.11 Å². The van der Waals surface area contributed by atoms with E-state index in [1.807, 2.05) is 7.11 Å². The molecule has 14 atom stereocenters. The quantitative estimate of drug-likeness (QED) is 0.663. The van der Waals surface area contributed by atoms with Gasteiger partial charge in [0.15, 0.2) is 0 Å². The summed E-state index contributed by atoms with van der Waals surface area (Å²) in [5, 5.41) is 11.7. The van der Waals surface area contributed by atoms with Crippen LogP contribution >= 0.6 is 0 Å². The van der Waals surface area contributed by atoms with Gasteiger partial charge in [0.25, 0.3) is 0 Å². The lowest BCUT2D eigenvalue weighted by Crippen LogP contribution is -2.88. The molecular formula is C28H42O4. The van der Waals surface area contributed by atoms with Gasteiger partial charge in [-0.1, -0.05) is 39.5 Å². The molecule has 0 bridgehead atoms. The molecule has 2 spiro atoms. The minimum absolute atomic E-state index is 0.168. The van der Waals surface area contributed by atoms with E-state index < -0.39 is 5.60 Å². The van der Waals surface area contributed by atoms with Gasteiger partial charge in [0.1, 0.15) is 22.9 Å². The molecule has 6 aliphatic rings. The van der Waals surface area contributed by atoms with Crippen molar-refractivity contribution in [2.24, 2.45) is 53.3 Å². The van der Waals surface area contributed by atoms with Crippen LogP contribution in [-0.2, 0) is 14.2 Å². The third-order valence-electron chi connectivity index (χ3n) is 11.4. The van der Waals surface area contributed by atoms with Crippen LogP contribution in [0.25, 0.3) is 0 Å². The molecule has 2 saturated heterocycles. The first-order chi connectivity index (χ1) is 15.3. The largest absolute Gasteiger partial charge is 0.384 e. The van der Waals surface area contributed by atoms with Gasteiger partial charge in [-0.2, -0.15) is 0 Å². The molecule has 0 aromatic heterocycles. The summed E-state index contributed by atoms with van der Waals surface area (Å²) in [6, 6.07) is 0. The van der Waals surface area contributed by atoms with Crippen LogP contribution in [0.15, 0.2) is 0 Å². The molecule has 0 aromatic carbocycles. The molecule has 6 fully saturated rings. The van der Waals surface area contributed by atoms with E-state index in [0.717, 1.165) is 25.9 Å². The third-order valence-corrected chi connectivity index (χ3v) is 11.4. The van der Waals surface area contributed by atoms with Crippen molar-refractivity contribution < 1.29 is 19.3 Å². The number of terminal acetylenes is 1. The Bertz CT molecular complexity index is 821. The van der Waals surface area contributed by atoms with Crippen LogP contribution in [0.5, 0.6) is 0 Å². The molecule has 1 N–H and O–H groups in total. The SMILES string of the molecule is C#C[C@]1(O)CCCC[C@@H](C)C2C1CC1[C@@H]2[C@H]2C[C@H](C)[C@H](C(C)COC)[C@@]23OC2C(C)O[C@@]213. The first-order valence-electron chi connectivity index (χ1n) is 13.3. The fraction of sp³-hybridized carbons (Fsp3) is 0.929. The Kier molecular flexibility index (Phi) is 4.77. The predicted molar refractivity (Wildman–Crippen MR) is 123 cm³/mol. The smallest absolute Gasteiger partial charge is 0.130 e. The van der Waals surface area contributed by atoms with Crippen LogP contribution in [0.3, 0.4) is 0 Å². The Morgan fingerprint density at radius 3 is 2.44 bits per heavy atom. The molecular weight excluding hydrogens is 400 g/mol. The molecule has 4 heteroatoms. The topological polar surface area (TPSA) is 47.9 Å². The van der Waals surface area contributed by atoms with Crippen molar-refractivity contribution in [2.75, 3.05) is 13.7 Å². The highest BCUT2D eigenvalue weighted by molar-refractivity contribution is 5.39. The minimum atomic E-state index is -0.967. The molecule has 4 nitrogen and oxygen atoms in total. The zero-order valence-corrected chi connectivity index (χ0v) is 20.5. The van der Waals surface area contributed by atoms with E-state index in [2.05, 4.69) is 33.6 Å². The zero-order valence-electron chi connectivity index (χ0n) is 20.5. The van der Waals surface area contributed by atoms with Crippen molar-refractivity contribution in [3.05, 3.63) is 0 Å². The van der Waals surface area contributed by atoms with Crippen molar-refractivity contribution in [1.82, 2.24) is 0 Å². The number of aliphatic hydroxyl groups is 1. The highest BCUT2D eigenvalue weighted by Crippen LogP contribution is 2.81. The lowest BCUT2D eigenvalue weighted by Gasteiger charge is -2.73. The summed E-state index contributed by atoms with van der Waals surface area (Å²) in [6.07, 6.45) is 12.8. The maximum Gasteiger partial charge on any atom is 0.130 e. The van der Waals surface area contributed by atoms with Crippen LogP contribution in [0, 0.1) is 65.6 Å². The molecule has 0 amide bonds. The second kappa shape index (κ2) is 6.97. The van der Waals surface area contributed by atoms with Crippen LogP contribution in [-0.4, -0.2) is 47.8 Å². The molecule has 0 aromatic rings. The summed E-state index contributed by atoms with van der Waals surface area (Å²) < 4.78 is 19.5. The van der Waals surface area contributed by atoms with Gasteiger partial charge < -0.3 is 19.3 Å². The highest BCUT2D eigenvalue weighted by atomic mass is 16.7. The van der Waals surface area contributed by atoms with Crippen molar-refractivity contribution >= 4 is 0 Å². The van der Waals surface area contributed by atoms with Gasteiger partial charge in [0, 0.05) is 19.6 Å². The maximum absolute atomic E-state index is 11.7. The monoisotopic (exact) mass is 442 g/mol. The lowest BCUT2D eigenvalue weighted by atomic mass is 9.56. The molecule has 178 valence electrons. The first kappa shape index (κ1) is 21.9. The number of hydrogen-bond acceptors (Lipinski definition) is 4. The molecule has 4 saturated carbocycles. The van der Waals surface area contributed by atoms with Gasteiger partial charge in [-0.25, -0.2) is 0 Å². The van der Waals surface area contributed by atoms with Gasteiger partial charge in [-0.15, -0.1) is 6.42 Å². The average molecular weight is 443 g/mol.